The van der Waals surface area contributed by atoms with Crippen LogP contribution in [0.4, 0.5) is 19.2 Å². The van der Waals surface area contributed by atoms with Crippen molar-refractivity contribution in [1.29, 1.82) is 0 Å². The number of carbonyl (C=O) groups excluding carboxylic acids is 5. The van der Waals surface area contributed by atoms with Crippen LogP contribution >= 0.6 is 24.0 Å². The molecule has 3 aliphatic carbocycles. The van der Waals surface area contributed by atoms with Crippen LogP contribution in [0.5, 0.6) is 0 Å². The molecule has 6 aliphatic heterocycles. The second-order valence-corrected chi connectivity index (χ2v) is 27.6. The predicted molar refractivity (Wildman–Crippen MR) is 330 cm³/mol. The van der Waals surface area contributed by atoms with Crippen molar-refractivity contribution in [3.63, 3.8) is 0 Å². The molecule has 3 aromatic rings. The van der Waals surface area contributed by atoms with Gasteiger partial charge in [0.15, 0.2) is 0 Å². The molecule has 0 atom stereocenters. The Balaban J connectivity index is 0.000000181. The second kappa shape index (κ2) is 29.4. The number of Topliss-reactive ketones (excluding diaryl/α,β-unsaturated/α-hetero) is 1. The lowest BCUT2D eigenvalue weighted by atomic mass is 9.60. The summed E-state index contributed by atoms with van der Waals surface area (Å²) in [5.74, 6) is 5.93. The SMILES string of the molecule is C.CC(C)(C)OC(=O)N1CC2(CC(=O)C2)C1.CCOC(=O)Cl.CCOC(=O)N1CC2(CC(N3CCC(c4nccn4C)CC3)C2)C1.Cl.Cn1ccnc1C1CCN(C2CC3(C2)CN(C(=O)OC(C)(C)C)C3)CC1.Cn1ccnc1C1CCNCC1. The van der Waals surface area contributed by atoms with Crippen LogP contribution in [0.25, 0.3) is 0 Å². The summed E-state index contributed by atoms with van der Waals surface area (Å²) in [5, 5.41) is 3.36. The second-order valence-electron chi connectivity index (χ2n) is 27.2. The monoisotopic (exact) mass is 1230 g/mol. The number of ketones is 1. The molecule has 0 unspecified atom stereocenters. The number of carbonyl (C=O) groups is 5. The van der Waals surface area contributed by atoms with Gasteiger partial charge in [-0.25, -0.2) is 34.1 Å². The molecular weight excluding hydrogens is 1130 g/mol. The van der Waals surface area contributed by atoms with E-state index in [1.165, 1.54) is 108 Å². The van der Waals surface area contributed by atoms with Gasteiger partial charge in [0, 0.05) is 168 Å². The maximum Gasteiger partial charge on any atom is 0.410 e. The van der Waals surface area contributed by atoms with Crippen molar-refractivity contribution in [2.75, 3.05) is 91.8 Å². The Labute approximate surface area is 517 Å². The van der Waals surface area contributed by atoms with Gasteiger partial charge < -0.3 is 62.5 Å². The molecule has 9 fully saturated rings. The number of aromatic nitrogens is 6. The molecule has 0 aromatic carbocycles. The Morgan fingerprint density at radius 3 is 1.16 bits per heavy atom. The lowest BCUT2D eigenvalue weighted by Gasteiger charge is -2.61. The standard InChI is InChI=1S/C20H32N4O2.C18H28N4O2.C11H17NO3.C9H15N3.C3H5ClO2.CH4.ClH/c1-19(2,3)26-18(25)24-13-20(14-24)11-16(12-20)23-8-5-15(6-9-23)17-21-7-10-22(17)4;1-3-24-17(23)22-12-18(13-22)10-15(11-18)21-7-4-14(5-8-21)16-19-6-9-20(16)2;1-10(2,3)15-9(14)12-6-11(7-12)4-8(13)5-11;1-12-7-6-11-9(12)8-2-4-10-5-3-8;1-2-6-3(4)5;;/h7,10,15-16H,5-6,8-9,11-14H2,1-4H3;6,9,14-15H,3-5,7-8,10-13H2,1-2H3;4-7H2,1-3H3;6-8,10H,2-5H2,1H3;2H2,1H3;1H4;1H. The van der Waals surface area contributed by atoms with E-state index in [4.69, 9.17) is 25.8 Å². The highest BCUT2D eigenvalue weighted by Crippen LogP contribution is 2.53. The fraction of sp³-hybridized carbons (Fsp3) is 0.774. The van der Waals surface area contributed by atoms with E-state index in [1.54, 1.807) is 11.8 Å². The molecule has 3 spiro atoms. The lowest BCUT2D eigenvalue weighted by Crippen LogP contribution is -2.68. The summed E-state index contributed by atoms with van der Waals surface area (Å²) >= 11 is 4.72. The zero-order valence-electron chi connectivity index (χ0n) is 52.1. The number of halogens is 2. The van der Waals surface area contributed by atoms with Crippen LogP contribution in [0.15, 0.2) is 37.2 Å². The van der Waals surface area contributed by atoms with Crippen molar-refractivity contribution in [1.82, 2.24) is 58.5 Å². The van der Waals surface area contributed by atoms with E-state index in [0.717, 1.165) is 45.3 Å². The topological polar surface area (TPSA) is 204 Å². The number of amides is 3. The van der Waals surface area contributed by atoms with Crippen molar-refractivity contribution in [3.8, 4) is 0 Å². The largest absolute Gasteiger partial charge is 0.454 e. The van der Waals surface area contributed by atoms with Gasteiger partial charge in [0.1, 0.15) is 34.5 Å². The molecular formula is C62H102Cl2N12O9. The molecule has 23 heteroatoms. The number of likely N-dealkylation sites (tertiary alicyclic amines) is 5. The number of nitrogens with zero attached hydrogens (tertiary/aromatic N) is 11. The Morgan fingerprint density at radius 1 is 0.553 bits per heavy atom. The van der Waals surface area contributed by atoms with Gasteiger partial charge in [0.2, 0.25) is 0 Å². The van der Waals surface area contributed by atoms with Gasteiger partial charge in [-0.2, -0.15) is 0 Å². The smallest absolute Gasteiger partial charge is 0.410 e. The van der Waals surface area contributed by atoms with E-state index in [2.05, 4.69) is 69.6 Å². The number of piperidine rings is 3. The zero-order valence-corrected chi connectivity index (χ0v) is 53.7. The van der Waals surface area contributed by atoms with E-state index < -0.39 is 16.6 Å². The number of hydrogen-bond acceptors (Lipinski definition) is 15. The predicted octanol–water partition coefficient (Wildman–Crippen LogP) is 10.1. The van der Waals surface area contributed by atoms with Gasteiger partial charge in [-0.15, -0.1) is 12.4 Å². The number of ether oxygens (including phenoxy) is 4. The molecule has 21 nitrogen and oxygen atoms in total. The molecule has 3 saturated carbocycles. The fourth-order valence-electron chi connectivity index (χ4n) is 14.0. The van der Waals surface area contributed by atoms with E-state index in [0.29, 0.717) is 79.6 Å². The Kier molecular flexibility index (Phi) is 23.9. The average Bonchev–Trinajstić information content (AvgIpc) is 1.44. The average molecular weight is 1230 g/mol. The van der Waals surface area contributed by atoms with E-state index in [1.807, 2.05) is 95.4 Å². The molecule has 478 valence electrons. The van der Waals surface area contributed by atoms with Gasteiger partial charge in [-0.05, 0) is 159 Å². The van der Waals surface area contributed by atoms with Crippen LogP contribution in [-0.4, -0.2) is 198 Å². The summed E-state index contributed by atoms with van der Waals surface area (Å²) in [6, 6.07) is 1.43. The van der Waals surface area contributed by atoms with E-state index in [9.17, 15) is 24.0 Å². The molecule has 0 bridgehead atoms. The summed E-state index contributed by atoms with van der Waals surface area (Å²) < 4.78 is 26.4. The Hall–Kier alpha value is -4.96. The number of nitrogens with one attached hydrogen (secondary N) is 1. The summed E-state index contributed by atoms with van der Waals surface area (Å²) in [6.07, 6.45) is 24.8. The number of aryl methyl sites for hydroxylation is 3. The summed E-state index contributed by atoms with van der Waals surface area (Å²) in [4.78, 5) is 80.0. The van der Waals surface area contributed by atoms with Crippen molar-refractivity contribution >= 4 is 53.5 Å². The molecule has 6 saturated heterocycles. The first-order valence-electron chi connectivity index (χ1n) is 30.6. The summed E-state index contributed by atoms with van der Waals surface area (Å²) in [5.41, 5.74) is -0.688. The van der Waals surface area contributed by atoms with E-state index in [-0.39, 0.29) is 43.5 Å². The van der Waals surface area contributed by atoms with Crippen molar-refractivity contribution in [2.24, 2.45) is 37.4 Å². The van der Waals surface area contributed by atoms with Gasteiger partial charge in [-0.3, -0.25) is 4.79 Å². The first kappa shape index (κ1) is 69.1. The third kappa shape index (κ3) is 18.1. The number of rotatable bonds is 7. The molecule has 12 rings (SSSR count). The molecule has 0 radical (unpaired) electrons. The normalized spacial score (nSPS) is 22.5. The highest BCUT2D eigenvalue weighted by atomic mass is 35.5. The summed E-state index contributed by atoms with van der Waals surface area (Å²) in [7, 11) is 6.26. The summed E-state index contributed by atoms with van der Waals surface area (Å²) in [6.45, 7) is 27.6. The van der Waals surface area contributed by atoms with Gasteiger partial charge >= 0.3 is 23.7 Å². The minimum atomic E-state index is -0.738. The quantitative estimate of drug-likeness (QED) is 0.173. The van der Waals surface area contributed by atoms with Gasteiger partial charge in [0.25, 0.3) is 0 Å². The zero-order chi connectivity index (χ0) is 59.9. The van der Waals surface area contributed by atoms with Gasteiger partial charge in [-0.1, -0.05) is 7.43 Å². The molecule has 9 aliphatic rings. The highest BCUT2D eigenvalue weighted by molar-refractivity contribution is 6.61. The van der Waals surface area contributed by atoms with Crippen LogP contribution < -0.4 is 5.32 Å². The Morgan fingerprint density at radius 2 is 0.882 bits per heavy atom. The first-order valence-corrected chi connectivity index (χ1v) is 31.0. The third-order valence-corrected chi connectivity index (χ3v) is 18.3. The maximum absolute atomic E-state index is 12.1. The molecule has 1 N–H and O–H groups in total. The highest BCUT2D eigenvalue weighted by Gasteiger charge is 2.57. The molecule has 3 aromatic heterocycles. The lowest BCUT2D eigenvalue weighted by molar-refractivity contribution is -0.144. The van der Waals surface area contributed by atoms with Crippen LogP contribution in [-0.2, 0) is 44.9 Å². The van der Waals surface area contributed by atoms with Crippen LogP contribution in [0.2, 0.25) is 0 Å². The maximum atomic E-state index is 12.1. The fourth-order valence-corrected chi connectivity index (χ4v) is 14.1. The minimum absolute atomic E-state index is 0. The van der Waals surface area contributed by atoms with E-state index >= 15 is 0 Å². The Bertz CT molecular complexity index is 2620. The molecule has 3 amide bonds. The molecule has 85 heavy (non-hydrogen) atoms. The number of imidazole rings is 3. The van der Waals surface area contributed by atoms with Crippen molar-refractivity contribution in [2.45, 2.75) is 181 Å². The van der Waals surface area contributed by atoms with Crippen molar-refractivity contribution < 1.29 is 42.9 Å². The number of hydrogen-bond donors (Lipinski definition) is 1. The third-order valence-electron chi connectivity index (χ3n) is 18.2. The minimum Gasteiger partial charge on any atom is -0.454 e. The van der Waals surface area contributed by atoms with Crippen molar-refractivity contribution in [3.05, 3.63) is 54.7 Å². The first-order chi connectivity index (χ1) is 39.3. The molecule has 9 heterocycles. The van der Waals surface area contributed by atoms with Crippen LogP contribution in [0.3, 0.4) is 0 Å². The van der Waals surface area contributed by atoms with Crippen LogP contribution in [0.1, 0.15) is 175 Å². The van der Waals surface area contributed by atoms with Crippen LogP contribution in [0, 0.1) is 16.2 Å². The van der Waals surface area contributed by atoms with Gasteiger partial charge in [0.05, 0.1) is 13.2 Å².